The fourth-order valence-electron chi connectivity index (χ4n) is 2.79. The van der Waals surface area contributed by atoms with E-state index in [1.807, 2.05) is 4.57 Å². The van der Waals surface area contributed by atoms with Crippen LogP contribution in [0.2, 0.25) is 0 Å². The highest BCUT2D eigenvalue weighted by molar-refractivity contribution is 5.20. The van der Waals surface area contributed by atoms with Crippen LogP contribution < -0.4 is 5.43 Å². The van der Waals surface area contributed by atoms with E-state index in [9.17, 15) is 9.90 Å². The van der Waals surface area contributed by atoms with Crippen molar-refractivity contribution in [1.29, 1.82) is 0 Å². The molecular formula is C18H32N2O3. The molecule has 0 bridgehead atoms. The van der Waals surface area contributed by atoms with E-state index < -0.39 is 0 Å². The van der Waals surface area contributed by atoms with Crippen LogP contribution in [0.1, 0.15) is 39.8 Å². The molecule has 0 unspecified atom stereocenters. The molecule has 23 heavy (non-hydrogen) atoms. The van der Waals surface area contributed by atoms with Gasteiger partial charge in [0.25, 0.3) is 0 Å². The molecule has 0 fully saturated rings. The van der Waals surface area contributed by atoms with Gasteiger partial charge < -0.3 is 14.4 Å². The molecule has 0 aliphatic carbocycles. The number of methoxy groups -OCH3 is 1. The summed E-state index contributed by atoms with van der Waals surface area (Å²) in [6.07, 6.45) is 2.40. The third-order valence-corrected chi connectivity index (χ3v) is 3.58. The van der Waals surface area contributed by atoms with E-state index in [2.05, 4.69) is 32.6 Å². The first kappa shape index (κ1) is 19.7. The maximum Gasteiger partial charge on any atom is 0.223 e. The SMILES string of the molecule is COCCCn1cc(O)c(=O)cc1CN(CC(C)C)CC(C)C. The molecular weight excluding hydrogens is 292 g/mol. The molecule has 0 aromatic carbocycles. The average molecular weight is 324 g/mol. The van der Waals surface area contributed by atoms with Crippen LogP contribution in [-0.2, 0) is 17.8 Å². The minimum Gasteiger partial charge on any atom is -0.503 e. The minimum absolute atomic E-state index is 0.189. The monoisotopic (exact) mass is 324 g/mol. The molecule has 0 spiro atoms. The Bertz CT molecular complexity index is 513. The first-order valence-corrected chi connectivity index (χ1v) is 8.47. The smallest absolute Gasteiger partial charge is 0.223 e. The Morgan fingerprint density at radius 2 is 1.83 bits per heavy atom. The summed E-state index contributed by atoms with van der Waals surface area (Å²) in [5, 5.41) is 9.73. The van der Waals surface area contributed by atoms with Crippen LogP contribution in [0.5, 0.6) is 5.75 Å². The summed E-state index contributed by atoms with van der Waals surface area (Å²) < 4.78 is 7.07. The highest BCUT2D eigenvalue weighted by atomic mass is 16.5. The summed E-state index contributed by atoms with van der Waals surface area (Å²) in [6.45, 7) is 12.9. The van der Waals surface area contributed by atoms with Gasteiger partial charge in [0.2, 0.25) is 5.43 Å². The predicted octanol–water partition coefficient (Wildman–Crippen LogP) is 2.70. The van der Waals surface area contributed by atoms with E-state index in [-0.39, 0.29) is 11.2 Å². The van der Waals surface area contributed by atoms with Crippen LogP contribution in [0.15, 0.2) is 17.1 Å². The number of aromatic nitrogens is 1. The summed E-state index contributed by atoms with van der Waals surface area (Å²) in [5.41, 5.74) is 0.641. The van der Waals surface area contributed by atoms with Crippen LogP contribution in [0.4, 0.5) is 0 Å². The summed E-state index contributed by atoms with van der Waals surface area (Å²) in [6, 6.07) is 1.57. The number of pyridine rings is 1. The van der Waals surface area contributed by atoms with Gasteiger partial charge in [-0.3, -0.25) is 9.69 Å². The lowest BCUT2D eigenvalue weighted by Crippen LogP contribution is -2.32. The molecule has 132 valence electrons. The Morgan fingerprint density at radius 1 is 1.22 bits per heavy atom. The molecule has 1 aromatic heterocycles. The number of aromatic hydroxyl groups is 1. The quantitative estimate of drug-likeness (QED) is 0.672. The molecule has 0 radical (unpaired) electrons. The molecule has 1 aromatic rings. The summed E-state index contributed by atoms with van der Waals surface area (Å²) in [4.78, 5) is 14.2. The van der Waals surface area contributed by atoms with Crippen LogP contribution in [0, 0.1) is 11.8 Å². The van der Waals surface area contributed by atoms with Crippen molar-refractivity contribution >= 4 is 0 Å². The van der Waals surface area contributed by atoms with Crippen molar-refractivity contribution in [3.05, 3.63) is 28.2 Å². The molecule has 0 amide bonds. The minimum atomic E-state index is -0.308. The first-order chi connectivity index (χ1) is 10.8. The third kappa shape index (κ3) is 7.18. The maximum absolute atomic E-state index is 11.8. The van der Waals surface area contributed by atoms with Crippen molar-refractivity contribution in [2.24, 2.45) is 11.8 Å². The van der Waals surface area contributed by atoms with Gasteiger partial charge in [0.15, 0.2) is 5.75 Å². The van der Waals surface area contributed by atoms with Gasteiger partial charge in [-0.15, -0.1) is 0 Å². The molecule has 5 heteroatoms. The summed E-state index contributed by atoms with van der Waals surface area (Å²) >= 11 is 0. The lowest BCUT2D eigenvalue weighted by Gasteiger charge is -2.27. The number of ether oxygens (including phenoxy) is 1. The zero-order chi connectivity index (χ0) is 17.4. The number of nitrogens with zero attached hydrogens (tertiary/aromatic N) is 2. The van der Waals surface area contributed by atoms with Gasteiger partial charge in [0, 0.05) is 51.7 Å². The van der Waals surface area contributed by atoms with Gasteiger partial charge in [-0.2, -0.15) is 0 Å². The Kier molecular flexibility index (Phi) is 8.34. The molecule has 0 aliphatic heterocycles. The van der Waals surface area contributed by atoms with Crippen molar-refractivity contribution in [1.82, 2.24) is 9.47 Å². The van der Waals surface area contributed by atoms with Gasteiger partial charge in [0.05, 0.1) is 6.20 Å². The van der Waals surface area contributed by atoms with Crippen LogP contribution in [0.3, 0.4) is 0 Å². The Morgan fingerprint density at radius 3 is 2.35 bits per heavy atom. The number of hydrogen-bond acceptors (Lipinski definition) is 4. The zero-order valence-corrected chi connectivity index (χ0v) is 15.2. The second kappa shape index (κ2) is 9.73. The molecule has 1 N–H and O–H groups in total. The van der Waals surface area contributed by atoms with Crippen LogP contribution >= 0.6 is 0 Å². The number of rotatable bonds is 10. The second-order valence-electron chi connectivity index (χ2n) is 7.04. The molecule has 0 aliphatic rings. The van der Waals surface area contributed by atoms with Crippen LogP contribution in [-0.4, -0.2) is 41.4 Å². The van der Waals surface area contributed by atoms with Crippen molar-refractivity contribution in [2.75, 3.05) is 26.8 Å². The molecule has 5 nitrogen and oxygen atoms in total. The standard InChI is InChI=1S/C18H32N2O3/c1-14(2)10-19(11-15(3)4)12-16-9-17(21)18(22)13-20(16)7-6-8-23-5/h9,13-15,22H,6-8,10-12H2,1-5H3. The highest BCUT2D eigenvalue weighted by Gasteiger charge is 2.14. The predicted molar refractivity (Wildman–Crippen MR) is 93.8 cm³/mol. The van der Waals surface area contributed by atoms with Crippen molar-refractivity contribution in [2.45, 2.75) is 47.2 Å². The van der Waals surface area contributed by atoms with Gasteiger partial charge in [-0.05, 0) is 18.3 Å². The van der Waals surface area contributed by atoms with Gasteiger partial charge in [-0.1, -0.05) is 27.7 Å². The van der Waals surface area contributed by atoms with Crippen molar-refractivity contribution in [3.8, 4) is 5.75 Å². The lowest BCUT2D eigenvalue weighted by atomic mass is 10.1. The molecule has 0 saturated heterocycles. The third-order valence-electron chi connectivity index (χ3n) is 3.58. The summed E-state index contributed by atoms with van der Waals surface area (Å²) in [5.74, 6) is 0.949. The van der Waals surface area contributed by atoms with Gasteiger partial charge in [-0.25, -0.2) is 0 Å². The first-order valence-electron chi connectivity index (χ1n) is 8.47. The van der Waals surface area contributed by atoms with Crippen molar-refractivity contribution in [3.63, 3.8) is 0 Å². The normalized spacial score (nSPS) is 11.8. The molecule has 1 heterocycles. The van der Waals surface area contributed by atoms with Crippen LogP contribution in [0.25, 0.3) is 0 Å². The Labute approximate surface area is 139 Å². The average Bonchev–Trinajstić information content (AvgIpc) is 2.42. The maximum atomic E-state index is 11.8. The Balaban J connectivity index is 2.97. The van der Waals surface area contributed by atoms with E-state index in [0.29, 0.717) is 18.4 Å². The zero-order valence-electron chi connectivity index (χ0n) is 15.2. The Hall–Kier alpha value is -1.33. The van der Waals surface area contributed by atoms with E-state index >= 15 is 0 Å². The highest BCUT2D eigenvalue weighted by Crippen LogP contribution is 2.12. The number of hydrogen-bond donors (Lipinski definition) is 1. The van der Waals surface area contributed by atoms with E-state index in [1.54, 1.807) is 19.4 Å². The van der Waals surface area contributed by atoms with Gasteiger partial charge >= 0.3 is 0 Å². The molecule has 1 rings (SSSR count). The van der Waals surface area contributed by atoms with E-state index in [1.165, 1.54) is 0 Å². The lowest BCUT2D eigenvalue weighted by molar-refractivity contribution is 0.186. The number of aryl methyl sites for hydroxylation is 1. The van der Waals surface area contributed by atoms with E-state index in [4.69, 9.17) is 4.74 Å². The van der Waals surface area contributed by atoms with Gasteiger partial charge in [0.1, 0.15) is 0 Å². The second-order valence-corrected chi connectivity index (χ2v) is 7.04. The van der Waals surface area contributed by atoms with Crippen molar-refractivity contribution < 1.29 is 9.84 Å². The largest absolute Gasteiger partial charge is 0.503 e. The molecule has 0 atom stereocenters. The summed E-state index contributed by atoms with van der Waals surface area (Å²) in [7, 11) is 1.68. The fourth-order valence-corrected chi connectivity index (χ4v) is 2.79. The van der Waals surface area contributed by atoms with E-state index in [0.717, 1.165) is 38.3 Å². The molecule has 0 saturated carbocycles. The topological polar surface area (TPSA) is 54.7 Å². The fraction of sp³-hybridized carbons (Fsp3) is 0.722.